The third-order valence-electron chi connectivity index (χ3n) is 3.61. The van der Waals surface area contributed by atoms with E-state index in [2.05, 4.69) is 9.71 Å². The van der Waals surface area contributed by atoms with E-state index < -0.39 is 21.5 Å². The number of rotatable bonds is 5. The standard InChI is InChI=1S/C12H19N3O4S/c1-15-8-10(13-9-15)20(18,19)14-12(7-11(16)17)5-3-2-4-6-12/h8-9,14H,2-7H2,1H3,(H,16,17). The Morgan fingerprint density at radius 3 is 2.60 bits per heavy atom. The number of imidazole rings is 1. The van der Waals surface area contributed by atoms with Gasteiger partial charge in [0.2, 0.25) is 0 Å². The zero-order valence-electron chi connectivity index (χ0n) is 11.4. The van der Waals surface area contributed by atoms with Gasteiger partial charge in [-0.2, -0.15) is 0 Å². The van der Waals surface area contributed by atoms with Crippen LogP contribution in [0, 0.1) is 0 Å². The normalized spacial score (nSPS) is 18.9. The number of nitrogens with one attached hydrogen (secondary N) is 1. The van der Waals surface area contributed by atoms with Crippen LogP contribution in [0.15, 0.2) is 17.6 Å². The minimum atomic E-state index is -3.79. The summed E-state index contributed by atoms with van der Waals surface area (Å²) in [7, 11) is -2.11. The van der Waals surface area contributed by atoms with E-state index >= 15 is 0 Å². The largest absolute Gasteiger partial charge is 0.481 e. The van der Waals surface area contributed by atoms with Crippen molar-refractivity contribution in [2.75, 3.05) is 0 Å². The summed E-state index contributed by atoms with van der Waals surface area (Å²) in [5, 5.41) is 8.97. The lowest BCUT2D eigenvalue weighted by Crippen LogP contribution is -2.51. The molecule has 0 radical (unpaired) electrons. The minimum Gasteiger partial charge on any atom is -0.481 e. The molecule has 0 atom stereocenters. The van der Waals surface area contributed by atoms with Gasteiger partial charge in [-0.05, 0) is 12.8 Å². The Balaban J connectivity index is 2.25. The lowest BCUT2D eigenvalue weighted by Gasteiger charge is -2.36. The van der Waals surface area contributed by atoms with Gasteiger partial charge in [0.1, 0.15) is 0 Å². The van der Waals surface area contributed by atoms with E-state index in [1.165, 1.54) is 12.5 Å². The summed E-state index contributed by atoms with van der Waals surface area (Å²) in [4.78, 5) is 14.9. The second-order valence-corrected chi connectivity index (χ2v) is 7.02. The first kappa shape index (κ1) is 15.0. The molecule has 8 heteroatoms. The number of aromatic nitrogens is 2. The molecule has 2 N–H and O–H groups in total. The lowest BCUT2D eigenvalue weighted by molar-refractivity contribution is -0.138. The van der Waals surface area contributed by atoms with Crippen LogP contribution in [0.5, 0.6) is 0 Å². The quantitative estimate of drug-likeness (QED) is 0.840. The summed E-state index contributed by atoms with van der Waals surface area (Å²) in [6, 6.07) is 0. The average Bonchev–Trinajstić information content (AvgIpc) is 2.76. The highest BCUT2D eigenvalue weighted by Crippen LogP contribution is 2.32. The van der Waals surface area contributed by atoms with Gasteiger partial charge in [0.15, 0.2) is 5.03 Å². The van der Waals surface area contributed by atoms with Gasteiger partial charge in [0.25, 0.3) is 10.0 Å². The molecule has 0 aliphatic heterocycles. The Morgan fingerprint density at radius 2 is 2.10 bits per heavy atom. The molecule has 1 aromatic heterocycles. The monoisotopic (exact) mass is 301 g/mol. The maximum absolute atomic E-state index is 12.3. The highest BCUT2D eigenvalue weighted by Gasteiger charge is 2.39. The van der Waals surface area contributed by atoms with E-state index in [0.717, 1.165) is 19.3 Å². The van der Waals surface area contributed by atoms with E-state index in [4.69, 9.17) is 5.11 Å². The van der Waals surface area contributed by atoms with E-state index in [9.17, 15) is 13.2 Å². The van der Waals surface area contributed by atoms with Gasteiger partial charge < -0.3 is 9.67 Å². The maximum Gasteiger partial charge on any atom is 0.305 e. The van der Waals surface area contributed by atoms with Gasteiger partial charge in [-0.1, -0.05) is 19.3 Å². The molecule has 0 saturated heterocycles. The van der Waals surface area contributed by atoms with Crippen LogP contribution in [0.3, 0.4) is 0 Å². The van der Waals surface area contributed by atoms with Crippen LogP contribution in [-0.4, -0.2) is 34.6 Å². The third-order valence-corrected chi connectivity index (χ3v) is 5.07. The van der Waals surface area contributed by atoms with Gasteiger partial charge in [0, 0.05) is 18.8 Å². The van der Waals surface area contributed by atoms with Crippen LogP contribution < -0.4 is 4.72 Å². The van der Waals surface area contributed by atoms with Crippen molar-refractivity contribution in [3.8, 4) is 0 Å². The molecule has 1 saturated carbocycles. The molecule has 20 heavy (non-hydrogen) atoms. The Labute approximate surface area is 118 Å². The molecule has 0 spiro atoms. The molecule has 1 fully saturated rings. The second kappa shape index (κ2) is 5.53. The number of carbonyl (C=O) groups is 1. The molecular formula is C12H19N3O4S. The lowest BCUT2D eigenvalue weighted by atomic mass is 9.80. The predicted octanol–water partition coefficient (Wildman–Crippen LogP) is 0.876. The molecule has 1 aliphatic carbocycles. The summed E-state index contributed by atoms with van der Waals surface area (Å²) in [5.41, 5.74) is -0.888. The molecule has 2 rings (SSSR count). The van der Waals surface area contributed by atoms with Crippen LogP contribution in [0.1, 0.15) is 38.5 Å². The second-order valence-electron chi connectivity index (χ2n) is 5.39. The topological polar surface area (TPSA) is 101 Å². The molecule has 1 aliphatic rings. The van der Waals surface area contributed by atoms with Crippen molar-refractivity contribution in [3.05, 3.63) is 12.5 Å². The van der Waals surface area contributed by atoms with Crippen LogP contribution in [0.2, 0.25) is 0 Å². The van der Waals surface area contributed by atoms with Crippen molar-refractivity contribution in [1.29, 1.82) is 0 Å². The predicted molar refractivity (Wildman–Crippen MR) is 71.6 cm³/mol. The van der Waals surface area contributed by atoms with Crippen molar-refractivity contribution in [3.63, 3.8) is 0 Å². The number of hydrogen-bond donors (Lipinski definition) is 2. The summed E-state index contributed by atoms with van der Waals surface area (Å²) < 4.78 is 28.8. The SMILES string of the molecule is Cn1cnc(S(=O)(=O)NC2(CC(=O)O)CCCCC2)c1. The number of aryl methyl sites for hydroxylation is 1. The van der Waals surface area contributed by atoms with Crippen molar-refractivity contribution < 1.29 is 18.3 Å². The molecule has 0 amide bonds. The zero-order chi connectivity index (χ0) is 14.8. The van der Waals surface area contributed by atoms with Gasteiger partial charge in [-0.25, -0.2) is 18.1 Å². The maximum atomic E-state index is 12.3. The van der Waals surface area contributed by atoms with Crippen molar-refractivity contribution in [1.82, 2.24) is 14.3 Å². The van der Waals surface area contributed by atoms with Crippen molar-refractivity contribution in [2.45, 2.75) is 49.1 Å². The van der Waals surface area contributed by atoms with Crippen molar-refractivity contribution >= 4 is 16.0 Å². The molecule has 1 heterocycles. The van der Waals surface area contributed by atoms with E-state index in [1.54, 1.807) is 11.6 Å². The number of carboxylic acid groups (broad SMARTS) is 1. The van der Waals surface area contributed by atoms with Gasteiger partial charge in [0.05, 0.1) is 12.7 Å². The number of carboxylic acids is 1. The van der Waals surface area contributed by atoms with Crippen LogP contribution >= 0.6 is 0 Å². The molecule has 1 aromatic rings. The number of aliphatic carboxylic acids is 1. The Morgan fingerprint density at radius 1 is 1.45 bits per heavy atom. The minimum absolute atomic E-state index is 0.0738. The first-order valence-corrected chi connectivity index (χ1v) is 8.05. The first-order chi connectivity index (χ1) is 9.33. The average molecular weight is 301 g/mol. The Hall–Kier alpha value is -1.41. The van der Waals surface area contributed by atoms with E-state index in [0.29, 0.717) is 12.8 Å². The summed E-state index contributed by atoms with van der Waals surface area (Å²) in [6.07, 6.45) is 6.37. The zero-order valence-corrected chi connectivity index (χ0v) is 12.2. The van der Waals surface area contributed by atoms with E-state index in [-0.39, 0.29) is 11.4 Å². The fourth-order valence-corrected chi connectivity index (χ4v) is 4.14. The number of hydrogen-bond acceptors (Lipinski definition) is 4. The fourth-order valence-electron chi connectivity index (χ4n) is 2.70. The first-order valence-electron chi connectivity index (χ1n) is 6.57. The highest BCUT2D eigenvalue weighted by molar-refractivity contribution is 7.89. The van der Waals surface area contributed by atoms with Gasteiger partial charge in [-0.3, -0.25) is 4.79 Å². The Kier molecular flexibility index (Phi) is 4.14. The smallest absolute Gasteiger partial charge is 0.305 e. The third kappa shape index (κ3) is 3.37. The molecule has 7 nitrogen and oxygen atoms in total. The number of nitrogens with zero attached hydrogens (tertiary/aromatic N) is 2. The van der Waals surface area contributed by atoms with Crippen LogP contribution in [0.25, 0.3) is 0 Å². The fraction of sp³-hybridized carbons (Fsp3) is 0.667. The molecular weight excluding hydrogens is 282 g/mol. The molecule has 112 valence electrons. The van der Waals surface area contributed by atoms with Crippen LogP contribution in [0.4, 0.5) is 0 Å². The van der Waals surface area contributed by atoms with Gasteiger partial charge in [-0.15, -0.1) is 0 Å². The number of sulfonamides is 1. The summed E-state index contributed by atoms with van der Waals surface area (Å²) in [5.74, 6) is -0.990. The van der Waals surface area contributed by atoms with Crippen molar-refractivity contribution in [2.24, 2.45) is 7.05 Å². The summed E-state index contributed by atoms with van der Waals surface area (Å²) in [6.45, 7) is 0. The summed E-state index contributed by atoms with van der Waals surface area (Å²) >= 11 is 0. The Bertz CT molecular complexity index is 588. The van der Waals surface area contributed by atoms with Gasteiger partial charge >= 0.3 is 5.97 Å². The molecule has 0 aromatic carbocycles. The molecule has 0 unspecified atom stereocenters. The highest BCUT2D eigenvalue weighted by atomic mass is 32.2. The molecule has 0 bridgehead atoms. The van der Waals surface area contributed by atoms with E-state index in [1.807, 2.05) is 0 Å². The van der Waals surface area contributed by atoms with Crippen LogP contribution in [-0.2, 0) is 21.9 Å².